The summed E-state index contributed by atoms with van der Waals surface area (Å²) in [5, 5.41) is 1.30. The fourth-order valence-corrected chi connectivity index (χ4v) is 1.98. The van der Waals surface area contributed by atoms with Crippen molar-refractivity contribution in [1.82, 2.24) is 9.55 Å². The average molecular weight is 174 g/mol. The molecule has 0 spiro atoms. The molecule has 68 valence electrons. The highest BCUT2D eigenvalue weighted by Crippen LogP contribution is 2.22. The van der Waals surface area contributed by atoms with Gasteiger partial charge in [-0.2, -0.15) is 0 Å². The maximum Gasteiger partial charge on any atom is 0.140 e. The van der Waals surface area contributed by atoms with Gasteiger partial charge in [0.25, 0.3) is 0 Å². The summed E-state index contributed by atoms with van der Waals surface area (Å²) in [6.07, 6.45) is 2.13. The summed E-state index contributed by atoms with van der Waals surface area (Å²) in [5.41, 5.74) is 4.81. The Balaban J connectivity index is 2.97. The lowest BCUT2D eigenvalue weighted by atomic mass is 10.1. The van der Waals surface area contributed by atoms with E-state index in [-0.39, 0.29) is 0 Å². The third kappa shape index (κ3) is 1.13. The van der Waals surface area contributed by atoms with Gasteiger partial charge < -0.3 is 4.57 Å². The minimum Gasteiger partial charge on any atom is -0.335 e. The number of hydrogen-bond donors (Lipinski definition) is 0. The minimum absolute atomic E-state index is 1.09. The van der Waals surface area contributed by atoms with E-state index in [1.807, 2.05) is 14.0 Å². The summed E-state index contributed by atoms with van der Waals surface area (Å²) < 4.78 is 2.09. The number of rotatable bonds is 0. The second-order valence-corrected chi connectivity index (χ2v) is 3.70. The van der Waals surface area contributed by atoms with Crippen LogP contribution in [-0.2, 0) is 7.05 Å². The zero-order chi connectivity index (χ0) is 9.59. The van der Waals surface area contributed by atoms with E-state index in [4.69, 9.17) is 0 Å². The van der Waals surface area contributed by atoms with E-state index >= 15 is 0 Å². The monoisotopic (exact) mass is 174 g/mol. The zero-order valence-electron chi connectivity index (χ0n) is 8.55. The predicted octanol–water partition coefficient (Wildman–Crippen LogP) is 2.50. The Kier molecular flexibility index (Phi) is 1.65. The van der Waals surface area contributed by atoms with Gasteiger partial charge in [-0.05, 0) is 38.0 Å². The molecule has 0 fully saturated rings. The molecule has 0 saturated carbocycles. The SMILES string of the molecule is Cc1cc(C)c2c(C)cn(C)c2n1. The lowest BCUT2D eigenvalue weighted by Gasteiger charge is -2.00. The quantitative estimate of drug-likeness (QED) is 0.600. The molecule has 0 aliphatic carbocycles. The first-order valence-corrected chi connectivity index (χ1v) is 4.49. The van der Waals surface area contributed by atoms with Gasteiger partial charge in [-0.3, -0.25) is 0 Å². The number of pyridine rings is 1. The lowest BCUT2D eigenvalue weighted by Crippen LogP contribution is -1.91. The van der Waals surface area contributed by atoms with Gasteiger partial charge >= 0.3 is 0 Å². The maximum absolute atomic E-state index is 4.52. The van der Waals surface area contributed by atoms with Crippen LogP contribution in [0.3, 0.4) is 0 Å². The van der Waals surface area contributed by atoms with Gasteiger partial charge in [0, 0.05) is 24.3 Å². The van der Waals surface area contributed by atoms with E-state index < -0.39 is 0 Å². The molecule has 0 N–H and O–H groups in total. The molecule has 0 amide bonds. The second-order valence-electron chi connectivity index (χ2n) is 3.70. The molecule has 2 heteroatoms. The first-order chi connectivity index (χ1) is 6.09. The summed E-state index contributed by atoms with van der Waals surface area (Å²) in [6.45, 7) is 6.31. The van der Waals surface area contributed by atoms with Gasteiger partial charge in [0.15, 0.2) is 0 Å². The fourth-order valence-electron chi connectivity index (χ4n) is 1.98. The summed E-state index contributed by atoms with van der Waals surface area (Å²) in [5.74, 6) is 0. The van der Waals surface area contributed by atoms with Crippen molar-refractivity contribution in [2.45, 2.75) is 20.8 Å². The van der Waals surface area contributed by atoms with Crippen molar-refractivity contribution in [3.63, 3.8) is 0 Å². The Morgan fingerprint density at radius 1 is 1.15 bits per heavy atom. The first-order valence-electron chi connectivity index (χ1n) is 4.49. The van der Waals surface area contributed by atoms with Crippen LogP contribution in [-0.4, -0.2) is 9.55 Å². The van der Waals surface area contributed by atoms with E-state index in [0.29, 0.717) is 0 Å². The van der Waals surface area contributed by atoms with Crippen LogP contribution in [0.2, 0.25) is 0 Å². The average Bonchev–Trinajstić information content (AvgIpc) is 2.27. The molecule has 2 rings (SSSR count). The van der Waals surface area contributed by atoms with Crippen molar-refractivity contribution < 1.29 is 0 Å². The van der Waals surface area contributed by atoms with Crippen LogP contribution in [0.1, 0.15) is 16.8 Å². The van der Waals surface area contributed by atoms with Crippen LogP contribution in [0.5, 0.6) is 0 Å². The summed E-state index contributed by atoms with van der Waals surface area (Å²) in [6, 6.07) is 2.13. The zero-order valence-corrected chi connectivity index (χ0v) is 8.55. The van der Waals surface area contributed by atoms with E-state index in [1.54, 1.807) is 0 Å². The highest BCUT2D eigenvalue weighted by Gasteiger charge is 2.07. The standard InChI is InChI=1S/C11H14N2/c1-7-5-9(3)12-11-10(7)8(2)6-13(11)4/h5-6H,1-4H3. The van der Waals surface area contributed by atoms with Crippen LogP contribution >= 0.6 is 0 Å². The molecule has 2 aromatic rings. The number of aryl methyl sites for hydroxylation is 4. The topological polar surface area (TPSA) is 17.8 Å². The molecule has 0 bridgehead atoms. The minimum atomic E-state index is 1.09. The summed E-state index contributed by atoms with van der Waals surface area (Å²) in [4.78, 5) is 4.52. The third-order valence-electron chi connectivity index (χ3n) is 2.44. The Labute approximate surface area is 78.2 Å². The molecule has 2 nitrogen and oxygen atoms in total. The number of aromatic nitrogens is 2. The fraction of sp³-hybridized carbons (Fsp3) is 0.364. The summed E-state index contributed by atoms with van der Waals surface area (Å²) in [7, 11) is 2.04. The van der Waals surface area contributed by atoms with E-state index in [1.165, 1.54) is 16.5 Å². The molecule has 0 saturated heterocycles. The molecule has 0 aliphatic heterocycles. The second kappa shape index (κ2) is 2.59. The van der Waals surface area contributed by atoms with Crippen molar-refractivity contribution in [2.75, 3.05) is 0 Å². The molecule has 0 aliphatic rings. The lowest BCUT2D eigenvalue weighted by molar-refractivity contribution is 0.939. The third-order valence-corrected chi connectivity index (χ3v) is 2.44. The first kappa shape index (κ1) is 8.30. The van der Waals surface area contributed by atoms with Crippen LogP contribution in [0.25, 0.3) is 11.0 Å². The van der Waals surface area contributed by atoms with Crippen LogP contribution in [0, 0.1) is 20.8 Å². The number of fused-ring (bicyclic) bond motifs is 1. The van der Waals surface area contributed by atoms with Gasteiger partial charge in [0.1, 0.15) is 5.65 Å². The normalized spacial score (nSPS) is 11.1. The van der Waals surface area contributed by atoms with E-state index in [2.05, 4.69) is 35.7 Å². The Morgan fingerprint density at radius 2 is 1.85 bits per heavy atom. The molecule has 0 unspecified atom stereocenters. The molecule has 2 aromatic heterocycles. The molecular formula is C11H14N2. The highest BCUT2D eigenvalue weighted by molar-refractivity contribution is 5.83. The van der Waals surface area contributed by atoms with Crippen LogP contribution in [0.15, 0.2) is 12.3 Å². The van der Waals surface area contributed by atoms with Crippen molar-refractivity contribution in [3.8, 4) is 0 Å². The van der Waals surface area contributed by atoms with Gasteiger partial charge in [-0.15, -0.1) is 0 Å². The summed E-state index contributed by atoms with van der Waals surface area (Å²) >= 11 is 0. The Hall–Kier alpha value is -1.31. The van der Waals surface area contributed by atoms with Crippen molar-refractivity contribution >= 4 is 11.0 Å². The molecule has 2 heterocycles. The van der Waals surface area contributed by atoms with Crippen molar-refractivity contribution in [1.29, 1.82) is 0 Å². The molecule has 0 radical (unpaired) electrons. The van der Waals surface area contributed by atoms with E-state index in [9.17, 15) is 0 Å². The molecule has 0 atom stereocenters. The van der Waals surface area contributed by atoms with Gasteiger partial charge in [0.2, 0.25) is 0 Å². The van der Waals surface area contributed by atoms with Crippen molar-refractivity contribution in [2.24, 2.45) is 7.05 Å². The highest BCUT2D eigenvalue weighted by atomic mass is 15.0. The van der Waals surface area contributed by atoms with Crippen LogP contribution in [0.4, 0.5) is 0 Å². The molecule has 0 aromatic carbocycles. The number of nitrogens with zero attached hydrogens (tertiary/aromatic N) is 2. The molecular weight excluding hydrogens is 160 g/mol. The van der Waals surface area contributed by atoms with Gasteiger partial charge in [0.05, 0.1) is 0 Å². The Morgan fingerprint density at radius 3 is 2.54 bits per heavy atom. The van der Waals surface area contributed by atoms with E-state index in [0.717, 1.165) is 11.3 Å². The van der Waals surface area contributed by atoms with Crippen molar-refractivity contribution in [3.05, 3.63) is 29.1 Å². The smallest absolute Gasteiger partial charge is 0.140 e. The number of hydrogen-bond acceptors (Lipinski definition) is 1. The Bertz CT molecular complexity index is 466. The largest absolute Gasteiger partial charge is 0.335 e. The van der Waals surface area contributed by atoms with Gasteiger partial charge in [-0.1, -0.05) is 0 Å². The molecule has 13 heavy (non-hydrogen) atoms. The predicted molar refractivity (Wildman–Crippen MR) is 54.9 cm³/mol. The maximum atomic E-state index is 4.52. The van der Waals surface area contributed by atoms with Crippen LogP contribution < -0.4 is 0 Å². The van der Waals surface area contributed by atoms with Gasteiger partial charge in [-0.25, -0.2) is 4.98 Å².